The van der Waals surface area contributed by atoms with Crippen molar-refractivity contribution in [3.8, 4) is 5.75 Å². The fourth-order valence-electron chi connectivity index (χ4n) is 3.57. The van der Waals surface area contributed by atoms with Crippen LogP contribution >= 0.6 is 11.6 Å². The topological polar surface area (TPSA) is 94.8 Å². The fourth-order valence-corrected chi connectivity index (χ4v) is 4.73. The first-order chi connectivity index (χ1) is 17.3. The number of carbonyl (C=O) groups excluding carboxylic acids is 1. The van der Waals surface area contributed by atoms with Crippen LogP contribution in [0.4, 0.5) is 5.69 Å². The van der Waals surface area contributed by atoms with Gasteiger partial charge in [0.25, 0.3) is 0 Å². The van der Waals surface area contributed by atoms with E-state index in [9.17, 15) is 9.35 Å². The lowest BCUT2D eigenvalue weighted by atomic mass is 10.1. The summed E-state index contributed by atoms with van der Waals surface area (Å²) in [6.45, 7) is 0.514. The minimum absolute atomic E-state index is 0.112. The summed E-state index contributed by atoms with van der Waals surface area (Å²) in [5, 5.41) is 8.78. The molecule has 1 unspecified atom stereocenters. The molecule has 8 nitrogen and oxygen atoms in total. The number of ether oxygens (including phenoxy) is 1. The molecule has 0 aliphatic heterocycles. The van der Waals surface area contributed by atoms with Crippen molar-refractivity contribution in [3.05, 3.63) is 83.0 Å². The van der Waals surface area contributed by atoms with Gasteiger partial charge in [-0.2, -0.15) is 5.10 Å². The van der Waals surface area contributed by atoms with E-state index in [2.05, 4.69) is 14.8 Å². The van der Waals surface area contributed by atoms with Crippen molar-refractivity contribution < 1.29 is 14.1 Å². The number of aromatic nitrogens is 2. The predicted molar refractivity (Wildman–Crippen MR) is 144 cm³/mol. The Labute approximate surface area is 217 Å². The molecule has 10 heteroatoms. The number of nitrogens with zero attached hydrogens (tertiary/aromatic N) is 4. The summed E-state index contributed by atoms with van der Waals surface area (Å²) in [7, 11) is 5.23. The van der Waals surface area contributed by atoms with Crippen molar-refractivity contribution in [1.82, 2.24) is 14.7 Å². The van der Waals surface area contributed by atoms with Crippen molar-refractivity contribution in [1.29, 1.82) is 0 Å². The number of anilines is 1. The third-order valence-corrected chi connectivity index (χ3v) is 6.66. The second kappa shape index (κ2) is 11.5. The van der Waals surface area contributed by atoms with Gasteiger partial charge < -0.3 is 19.5 Å². The van der Waals surface area contributed by atoms with Gasteiger partial charge in [0, 0.05) is 37.1 Å². The third-order valence-electron chi connectivity index (χ3n) is 5.29. The fraction of sp³-hybridized carbons (Fsp3) is 0.192. The van der Waals surface area contributed by atoms with Crippen molar-refractivity contribution in [3.63, 3.8) is 0 Å². The van der Waals surface area contributed by atoms with Crippen LogP contribution in [0, 0.1) is 0 Å². The molecule has 36 heavy (non-hydrogen) atoms. The largest absolute Gasteiger partial charge is 0.586 e. The van der Waals surface area contributed by atoms with E-state index in [1.54, 1.807) is 49.0 Å². The first-order valence-corrected chi connectivity index (χ1v) is 12.6. The first-order valence-electron chi connectivity index (χ1n) is 11.1. The van der Waals surface area contributed by atoms with Crippen molar-refractivity contribution in [2.75, 3.05) is 26.5 Å². The maximum atomic E-state index is 13.1. The van der Waals surface area contributed by atoms with Crippen LogP contribution in [0.15, 0.2) is 76.2 Å². The molecule has 1 N–H and O–H groups in total. The molecule has 4 aromatic rings. The lowest BCUT2D eigenvalue weighted by Gasteiger charge is -2.10. The van der Waals surface area contributed by atoms with E-state index in [0.717, 1.165) is 16.9 Å². The number of benzene rings is 3. The SMILES string of the molecule is COc1ccc(Cn2cc3c([S+]([O-])/N=C/N(C)C)cc(NC(=O)Cc4ccccc4Cl)cc3n2)cc1. The maximum absolute atomic E-state index is 13.1. The number of carbonyl (C=O) groups is 1. The minimum atomic E-state index is -1.70. The normalized spacial score (nSPS) is 12.1. The Morgan fingerprint density at radius 2 is 1.97 bits per heavy atom. The number of rotatable bonds is 9. The molecule has 1 amide bonds. The van der Waals surface area contributed by atoms with Crippen LogP contribution in [0.2, 0.25) is 5.02 Å². The molecule has 186 valence electrons. The van der Waals surface area contributed by atoms with Crippen LogP contribution in [0.25, 0.3) is 10.9 Å². The van der Waals surface area contributed by atoms with Gasteiger partial charge in [-0.25, -0.2) is 0 Å². The third kappa shape index (κ3) is 6.37. The smallest absolute Gasteiger partial charge is 0.228 e. The number of methoxy groups -OCH3 is 1. The van der Waals surface area contributed by atoms with Crippen LogP contribution in [0.1, 0.15) is 11.1 Å². The monoisotopic (exact) mass is 523 g/mol. The molecule has 1 aromatic heterocycles. The number of nitrogens with one attached hydrogen (secondary N) is 1. The average molecular weight is 524 g/mol. The predicted octanol–water partition coefficient (Wildman–Crippen LogP) is 4.54. The van der Waals surface area contributed by atoms with Gasteiger partial charge in [0.1, 0.15) is 23.4 Å². The minimum Gasteiger partial charge on any atom is -0.586 e. The van der Waals surface area contributed by atoms with Crippen LogP contribution in [-0.4, -0.2) is 52.7 Å². The molecule has 0 radical (unpaired) electrons. The highest BCUT2D eigenvalue weighted by Crippen LogP contribution is 2.29. The quantitative estimate of drug-likeness (QED) is 0.197. The van der Waals surface area contributed by atoms with Crippen LogP contribution < -0.4 is 10.1 Å². The number of amides is 1. The van der Waals surface area contributed by atoms with Crippen molar-refractivity contribution >= 4 is 51.8 Å². The molecule has 0 spiro atoms. The lowest BCUT2D eigenvalue weighted by Crippen LogP contribution is -2.15. The van der Waals surface area contributed by atoms with E-state index >= 15 is 0 Å². The van der Waals surface area contributed by atoms with Gasteiger partial charge in [0.15, 0.2) is 4.90 Å². The lowest BCUT2D eigenvalue weighted by molar-refractivity contribution is -0.115. The van der Waals surface area contributed by atoms with Crippen LogP contribution in [0.3, 0.4) is 0 Å². The Bertz CT molecular complexity index is 1390. The van der Waals surface area contributed by atoms with Gasteiger partial charge in [0.2, 0.25) is 5.91 Å². The summed E-state index contributed by atoms with van der Waals surface area (Å²) < 4.78 is 24.2. The summed E-state index contributed by atoms with van der Waals surface area (Å²) >= 11 is 4.51. The summed E-state index contributed by atoms with van der Waals surface area (Å²) in [4.78, 5) is 14.9. The second-order valence-corrected chi connectivity index (χ2v) is 9.89. The van der Waals surface area contributed by atoms with Gasteiger partial charge >= 0.3 is 0 Å². The van der Waals surface area contributed by atoms with Crippen molar-refractivity contribution in [2.45, 2.75) is 17.9 Å². The highest BCUT2D eigenvalue weighted by molar-refractivity contribution is 7.90. The standard InChI is InChI=1S/C26H26ClN5O3S/c1-31(2)17-28-36(34)25-14-20(29-26(33)12-19-6-4-5-7-23(19)27)13-24-22(25)16-32(30-24)15-18-8-10-21(35-3)11-9-18/h4-11,13-14,16-17H,12,15H2,1-3H3,(H,29,33)/b28-17+. The number of halogens is 1. The zero-order valence-electron chi connectivity index (χ0n) is 20.1. The Morgan fingerprint density at radius 1 is 1.22 bits per heavy atom. The summed E-state index contributed by atoms with van der Waals surface area (Å²) in [6.07, 6.45) is 3.44. The van der Waals surface area contributed by atoms with Crippen LogP contribution in [-0.2, 0) is 29.1 Å². The van der Waals surface area contributed by atoms with Gasteiger partial charge in [-0.3, -0.25) is 9.48 Å². The zero-order chi connectivity index (χ0) is 25.7. The molecule has 4 rings (SSSR count). The van der Waals surface area contributed by atoms with Gasteiger partial charge in [-0.05, 0) is 39.8 Å². The van der Waals surface area contributed by atoms with Gasteiger partial charge in [-0.15, -0.1) is 0 Å². The Balaban J connectivity index is 1.64. The molecular weight excluding hydrogens is 498 g/mol. The molecule has 3 aromatic carbocycles. The molecule has 0 aliphatic rings. The molecule has 1 atom stereocenters. The molecule has 1 heterocycles. The summed E-state index contributed by atoms with van der Waals surface area (Å²) in [5.74, 6) is 0.534. The van der Waals surface area contributed by atoms with Gasteiger partial charge in [-0.1, -0.05) is 41.9 Å². The molecule has 0 saturated carbocycles. The van der Waals surface area contributed by atoms with Crippen molar-refractivity contribution in [2.24, 2.45) is 4.40 Å². The van der Waals surface area contributed by atoms with E-state index in [-0.39, 0.29) is 12.3 Å². The number of fused-ring (bicyclic) bond motifs is 1. The Morgan fingerprint density at radius 3 is 2.67 bits per heavy atom. The highest BCUT2D eigenvalue weighted by atomic mass is 35.5. The van der Waals surface area contributed by atoms with Crippen LogP contribution in [0.5, 0.6) is 5.75 Å². The van der Waals surface area contributed by atoms with Gasteiger partial charge in [0.05, 0.1) is 31.0 Å². The molecule has 0 bridgehead atoms. The number of hydrogen-bond donors (Lipinski definition) is 1. The number of hydrogen-bond acceptors (Lipinski definition) is 5. The average Bonchev–Trinajstić information content (AvgIpc) is 3.26. The van der Waals surface area contributed by atoms with E-state index in [1.807, 2.05) is 48.7 Å². The maximum Gasteiger partial charge on any atom is 0.228 e. The zero-order valence-corrected chi connectivity index (χ0v) is 21.7. The summed E-state index contributed by atoms with van der Waals surface area (Å²) in [6, 6.07) is 18.4. The molecule has 0 aliphatic carbocycles. The van der Waals surface area contributed by atoms with E-state index < -0.39 is 11.4 Å². The summed E-state index contributed by atoms with van der Waals surface area (Å²) in [5.41, 5.74) is 2.84. The van der Waals surface area contributed by atoms with E-state index in [0.29, 0.717) is 33.1 Å². The molecule has 0 saturated heterocycles. The highest BCUT2D eigenvalue weighted by Gasteiger charge is 2.20. The Hall–Kier alpha value is -3.53. The Kier molecular flexibility index (Phi) is 8.14. The second-order valence-electron chi connectivity index (χ2n) is 8.33. The first kappa shape index (κ1) is 25.6. The molecule has 0 fully saturated rings. The molecular formula is C26H26ClN5O3S. The van der Waals surface area contributed by atoms with E-state index in [1.165, 1.54) is 6.34 Å². The van der Waals surface area contributed by atoms with E-state index in [4.69, 9.17) is 16.3 Å².